The second kappa shape index (κ2) is 9.00. The number of hydrogen-bond donors (Lipinski definition) is 1. The van der Waals surface area contributed by atoms with Crippen molar-refractivity contribution in [3.05, 3.63) is 50.9 Å². The summed E-state index contributed by atoms with van der Waals surface area (Å²) < 4.78 is 0. The fraction of sp³-hybridized carbons (Fsp3) is 0.471. The van der Waals surface area contributed by atoms with Crippen LogP contribution in [-0.2, 0) is 13.1 Å². The zero-order chi connectivity index (χ0) is 15.4. The van der Waals surface area contributed by atoms with Gasteiger partial charge in [-0.05, 0) is 50.0 Å². The first kappa shape index (κ1) is 18.7. The van der Waals surface area contributed by atoms with Crippen molar-refractivity contribution in [3.8, 4) is 0 Å². The number of halogens is 2. The molecule has 1 aromatic carbocycles. The van der Waals surface area contributed by atoms with Gasteiger partial charge in [-0.1, -0.05) is 23.7 Å². The SMILES string of the molecule is Cc1ncsc1CN(Cc1cccc(Cl)c1)CC1CCNC1.Cl. The van der Waals surface area contributed by atoms with E-state index in [1.165, 1.54) is 16.9 Å². The Morgan fingerprint density at radius 2 is 2.26 bits per heavy atom. The van der Waals surface area contributed by atoms with Crippen molar-refractivity contribution in [2.45, 2.75) is 26.4 Å². The van der Waals surface area contributed by atoms with Gasteiger partial charge in [0.05, 0.1) is 11.2 Å². The van der Waals surface area contributed by atoms with Crippen LogP contribution in [0.15, 0.2) is 29.8 Å². The highest BCUT2D eigenvalue weighted by atomic mass is 35.5. The molecular weight excluding hydrogens is 349 g/mol. The van der Waals surface area contributed by atoms with Crippen molar-refractivity contribution in [2.75, 3.05) is 19.6 Å². The summed E-state index contributed by atoms with van der Waals surface area (Å²) in [5.41, 5.74) is 4.38. The quantitative estimate of drug-likeness (QED) is 0.826. The molecule has 23 heavy (non-hydrogen) atoms. The van der Waals surface area contributed by atoms with Gasteiger partial charge < -0.3 is 5.32 Å². The lowest BCUT2D eigenvalue weighted by Gasteiger charge is -2.25. The molecule has 0 amide bonds. The smallest absolute Gasteiger partial charge is 0.0798 e. The summed E-state index contributed by atoms with van der Waals surface area (Å²) in [6.45, 7) is 7.41. The molecule has 1 saturated heterocycles. The van der Waals surface area contributed by atoms with Crippen LogP contribution >= 0.6 is 35.3 Å². The summed E-state index contributed by atoms with van der Waals surface area (Å²) in [5, 5.41) is 4.28. The van der Waals surface area contributed by atoms with Crippen molar-refractivity contribution in [1.82, 2.24) is 15.2 Å². The lowest BCUT2D eigenvalue weighted by atomic mass is 10.1. The van der Waals surface area contributed by atoms with Crippen LogP contribution in [0.4, 0.5) is 0 Å². The molecule has 0 saturated carbocycles. The Labute approximate surface area is 153 Å². The highest BCUT2D eigenvalue weighted by molar-refractivity contribution is 7.09. The van der Waals surface area contributed by atoms with Gasteiger partial charge in [-0.25, -0.2) is 4.98 Å². The molecule has 1 aliphatic heterocycles. The summed E-state index contributed by atoms with van der Waals surface area (Å²) >= 11 is 7.89. The zero-order valence-corrected chi connectivity index (χ0v) is 15.7. The number of nitrogens with one attached hydrogen (secondary N) is 1. The summed E-state index contributed by atoms with van der Waals surface area (Å²) in [6.07, 6.45) is 1.27. The Morgan fingerprint density at radius 3 is 2.91 bits per heavy atom. The van der Waals surface area contributed by atoms with Gasteiger partial charge in [0.15, 0.2) is 0 Å². The van der Waals surface area contributed by atoms with Gasteiger partial charge in [-0.2, -0.15) is 0 Å². The van der Waals surface area contributed by atoms with Crippen molar-refractivity contribution >= 4 is 35.3 Å². The number of aromatic nitrogens is 1. The van der Waals surface area contributed by atoms with E-state index in [1.54, 1.807) is 11.3 Å². The molecule has 1 aliphatic rings. The van der Waals surface area contributed by atoms with E-state index in [0.29, 0.717) is 0 Å². The van der Waals surface area contributed by atoms with Crippen molar-refractivity contribution < 1.29 is 0 Å². The first-order chi connectivity index (χ1) is 10.7. The molecule has 0 spiro atoms. The molecule has 0 aliphatic carbocycles. The van der Waals surface area contributed by atoms with Gasteiger partial charge >= 0.3 is 0 Å². The maximum Gasteiger partial charge on any atom is 0.0798 e. The minimum atomic E-state index is 0. The van der Waals surface area contributed by atoms with Crippen LogP contribution < -0.4 is 5.32 Å². The van der Waals surface area contributed by atoms with Crippen molar-refractivity contribution in [3.63, 3.8) is 0 Å². The molecule has 1 fully saturated rings. The second-order valence-electron chi connectivity index (χ2n) is 6.02. The summed E-state index contributed by atoms with van der Waals surface area (Å²) in [5.74, 6) is 0.743. The number of rotatable bonds is 6. The standard InChI is InChI=1S/C17H22ClN3S.ClH/c1-13-17(22-12-20-13)11-21(10-15-5-6-19-8-15)9-14-3-2-4-16(18)7-14;/h2-4,7,12,15,19H,5-6,8-11H2,1H3;1H. The Morgan fingerprint density at radius 1 is 1.39 bits per heavy atom. The molecule has 6 heteroatoms. The first-order valence-corrected chi connectivity index (χ1v) is 9.03. The summed E-state index contributed by atoms with van der Waals surface area (Å²) in [7, 11) is 0. The van der Waals surface area contributed by atoms with E-state index < -0.39 is 0 Å². The highest BCUT2D eigenvalue weighted by Crippen LogP contribution is 2.20. The van der Waals surface area contributed by atoms with Gasteiger partial charge in [-0.15, -0.1) is 23.7 Å². The molecule has 3 nitrogen and oxygen atoms in total. The van der Waals surface area contributed by atoms with Crippen LogP contribution in [-0.4, -0.2) is 29.5 Å². The number of hydrogen-bond acceptors (Lipinski definition) is 4. The molecule has 0 bridgehead atoms. The predicted octanol–water partition coefficient (Wildman–Crippen LogP) is 4.14. The van der Waals surface area contributed by atoms with Crippen LogP contribution in [0.2, 0.25) is 5.02 Å². The number of benzene rings is 1. The van der Waals surface area contributed by atoms with Gasteiger partial charge in [-0.3, -0.25) is 4.90 Å². The van der Waals surface area contributed by atoms with Crippen LogP contribution in [0.3, 0.4) is 0 Å². The predicted molar refractivity (Wildman–Crippen MR) is 101 cm³/mol. The fourth-order valence-corrected chi connectivity index (χ4v) is 4.03. The summed E-state index contributed by atoms with van der Waals surface area (Å²) in [4.78, 5) is 8.28. The third-order valence-electron chi connectivity index (χ3n) is 4.19. The zero-order valence-electron chi connectivity index (χ0n) is 13.3. The largest absolute Gasteiger partial charge is 0.316 e. The molecule has 2 aromatic rings. The van der Waals surface area contributed by atoms with E-state index in [0.717, 1.165) is 49.4 Å². The Hall–Kier alpha value is -0.650. The average Bonchev–Trinajstić information content (AvgIpc) is 3.12. The highest BCUT2D eigenvalue weighted by Gasteiger charge is 2.19. The minimum absolute atomic E-state index is 0. The Bertz CT molecular complexity index is 611. The van der Waals surface area contributed by atoms with E-state index in [9.17, 15) is 0 Å². The van der Waals surface area contributed by atoms with Gasteiger partial charge in [0.25, 0.3) is 0 Å². The Kier molecular flexibility index (Phi) is 7.31. The first-order valence-electron chi connectivity index (χ1n) is 7.77. The van der Waals surface area contributed by atoms with Crippen LogP contribution in [0.1, 0.15) is 22.6 Å². The topological polar surface area (TPSA) is 28.2 Å². The maximum atomic E-state index is 6.13. The third kappa shape index (κ3) is 5.44. The van der Waals surface area contributed by atoms with Crippen LogP contribution in [0.5, 0.6) is 0 Å². The van der Waals surface area contributed by atoms with E-state index in [1.807, 2.05) is 17.6 Å². The normalized spacial score (nSPS) is 17.4. The van der Waals surface area contributed by atoms with Crippen molar-refractivity contribution in [1.29, 1.82) is 0 Å². The molecule has 126 valence electrons. The molecule has 3 rings (SSSR count). The monoisotopic (exact) mass is 371 g/mol. The maximum absolute atomic E-state index is 6.13. The van der Waals surface area contributed by atoms with E-state index in [4.69, 9.17) is 11.6 Å². The lowest BCUT2D eigenvalue weighted by Crippen LogP contribution is -2.30. The minimum Gasteiger partial charge on any atom is -0.316 e. The molecule has 1 N–H and O–H groups in total. The number of nitrogens with zero attached hydrogens (tertiary/aromatic N) is 2. The van der Waals surface area contributed by atoms with Crippen molar-refractivity contribution in [2.24, 2.45) is 5.92 Å². The molecular formula is C17H23Cl2N3S. The molecule has 2 heterocycles. The molecule has 1 atom stereocenters. The van der Waals surface area contributed by atoms with Gasteiger partial charge in [0, 0.05) is 29.5 Å². The fourth-order valence-electron chi connectivity index (χ4n) is 3.00. The lowest BCUT2D eigenvalue weighted by molar-refractivity contribution is 0.222. The number of aryl methyl sites for hydroxylation is 1. The molecule has 1 aromatic heterocycles. The van der Waals surface area contributed by atoms with Gasteiger partial charge in [0.2, 0.25) is 0 Å². The second-order valence-corrected chi connectivity index (χ2v) is 7.40. The van der Waals surface area contributed by atoms with E-state index in [2.05, 4.69) is 34.3 Å². The molecule has 0 radical (unpaired) electrons. The van der Waals surface area contributed by atoms with Crippen LogP contribution in [0.25, 0.3) is 0 Å². The number of thiazole rings is 1. The van der Waals surface area contributed by atoms with Gasteiger partial charge in [0.1, 0.15) is 0 Å². The van der Waals surface area contributed by atoms with E-state index >= 15 is 0 Å². The average molecular weight is 372 g/mol. The third-order valence-corrected chi connectivity index (χ3v) is 5.34. The molecule has 1 unspecified atom stereocenters. The van der Waals surface area contributed by atoms with E-state index in [-0.39, 0.29) is 12.4 Å². The summed E-state index contributed by atoms with van der Waals surface area (Å²) in [6, 6.07) is 8.20. The van der Waals surface area contributed by atoms with Crippen LogP contribution in [0, 0.1) is 12.8 Å². The Balaban J connectivity index is 0.00000192.